The van der Waals surface area contributed by atoms with Crippen LogP contribution in [0.1, 0.15) is 0 Å². The highest BCUT2D eigenvalue weighted by atomic mass is 16.5. The zero-order valence-corrected chi connectivity index (χ0v) is 10.9. The maximum absolute atomic E-state index is 11.6. The van der Waals surface area contributed by atoms with E-state index in [1.807, 2.05) is 24.3 Å². The molecule has 104 valence electrons. The van der Waals surface area contributed by atoms with Crippen molar-refractivity contribution in [1.29, 1.82) is 0 Å². The molecule has 0 aliphatic carbocycles. The van der Waals surface area contributed by atoms with Crippen molar-refractivity contribution in [2.24, 2.45) is 5.11 Å². The van der Waals surface area contributed by atoms with Crippen LogP contribution in [0.4, 0.5) is 5.69 Å². The molecule has 0 spiro atoms. The molecule has 0 aromatic heterocycles. The molecule has 2 aromatic carbocycles. The topological polar surface area (TPSA) is 67.9 Å². The van der Waals surface area contributed by atoms with E-state index in [9.17, 15) is 10.3 Å². The fraction of sp³-hybridized carbons (Fsp3) is 0.200. The maximum Gasteiger partial charge on any atom is 0.244 e. The molecule has 5 heteroatoms. The molecule has 2 rings (SSSR count). The fourth-order valence-electron chi connectivity index (χ4n) is 1.57. The molecule has 0 aliphatic heterocycles. The van der Waals surface area contributed by atoms with E-state index < -0.39 is 6.10 Å². The van der Waals surface area contributed by atoms with Crippen molar-refractivity contribution >= 4 is 5.69 Å². The first kappa shape index (κ1) is 14.0. The first-order valence-corrected chi connectivity index (χ1v) is 6.31. The van der Waals surface area contributed by atoms with Crippen molar-refractivity contribution in [3.05, 3.63) is 65.9 Å². The molecule has 2 aromatic rings. The molecule has 0 amide bonds. The second-order valence-corrected chi connectivity index (χ2v) is 4.21. The number of hydrogen-bond acceptors (Lipinski definition) is 4. The zero-order valence-electron chi connectivity index (χ0n) is 10.9. The van der Waals surface area contributed by atoms with Gasteiger partial charge in [0.25, 0.3) is 0 Å². The average Bonchev–Trinajstić information content (AvgIpc) is 2.52. The van der Waals surface area contributed by atoms with Gasteiger partial charge in [-0.15, -0.1) is 0 Å². The van der Waals surface area contributed by atoms with Gasteiger partial charge in [0.2, 0.25) is 5.69 Å². The van der Waals surface area contributed by atoms with Crippen LogP contribution in [0, 0.1) is 5.21 Å². The normalized spacial score (nSPS) is 12.9. The Kier molecular flexibility index (Phi) is 5.08. The molecule has 1 N–H and O–H groups in total. The van der Waals surface area contributed by atoms with E-state index in [4.69, 9.17) is 4.74 Å². The Hall–Kier alpha value is -2.40. The molecule has 0 saturated carbocycles. The minimum absolute atomic E-state index is 0.00870. The van der Waals surface area contributed by atoms with Gasteiger partial charge in [0, 0.05) is 12.1 Å². The lowest BCUT2D eigenvalue weighted by molar-refractivity contribution is -0.443. The van der Waals surface area contributed by atoms with E-state index in [0.717, 1.165) is 0 Å². The molecule has 0 radical (unpaired) electrons. The van der Waals surface area contributed by atoms with E-state index in [1.54, 1.807) is 36.4 Å². The van der Waals surface area contributed by atoms with Gasteiger partial charge in [-0.3, -0.25) is 0 Å². The summed E-state index contributed by atoms with van der Waals surface area (Å²) in [5, 5.41) is 25.1. The second-order valence-electron chi connectivity index (χ2n) is 4.21. The van der Waals surface area contributed by atoms with Crippen molar-refractivity contribution < 1.29 is 14.7 Å². The largest absolute Gasteiger partial charge is 0.594 e. The third-order valence-electron chi connectivity index (χ3n) is 2.58. The van der Waals surface area contributed by atoms with Crippen LogP contribution in [0.15, 0.2) is 65.8 Å². The van der Waals surface area contributed by atoms with Crippen LogP contribution in [0.25, 0.3) is 0 Å². The standard InChI is InChI=1S/C15H16N2O3/c18-14(12-20-15-9-5-2-6-10-15)11-16-17(19)13-7-3-1-4-8-13/h1-10,14,18H,11-12H2. The highest BCUT2D eigenvalue weighted by Gasteiger charge is 2.08. The van der Waals surface area contributed by atoms with Crippen molar-refractivity contribution in [3.8, 4) is 5.75 Å². The van der Waals surface area contributed by atoms with E-state index in [1.165, 1.54) is 0 Å². The van der Waals surface area contributed by atoms with Gasteiger partial charge in [-0.2, -0.15) is 0 Å². The number of nitrogens with zero attached hydrogens (tertiary/aromatic N) is 2. The van der Waals surface area contributed by atoms with Crippen LogP contribution in [-0.2, 0) is 0 Å². The Morgan fingerprint density at radius 2 is 1.65 bits per heavy atom. The lowest BCUT2D eigenvalue weighted by atomic mass is 10.3. The SMILES string of the molecule is [O-][N+](=NCC(O)COc1ccccc1)c1ccccc1. The fourth-order valence-corrected chi connectivity index (χ4v) is 1.57. The summed E-state index contributed by atoms with van der Waals surface area (Å²) in [7, 11) is 0. The number of para-hydroxylation sites is 2. The molecule has 20 heavy (non-hydrogen) atoms. The van der Waals surface area contributed by atoms with Gasteiger partial charge in [0.15, 0.2) is 0 Å². The summed E-state index contributed by atoms with van der Waals surface area (Å²) >= 11 is 0. The van der Waals surface area contributed by atoms with Crippen molar-refractivity contribution in [2.45, 2.75) is 6.10 Å². The molecule has 0 aliphatic rings. The minimum Gasteiger partial charge on any atom is -0.594 e. The summed E-state index contributed by atoms with van der Waals surface area (Å²) in [5.74, 6) is 0.675. The molecule has 0 heterocycles. The number of ether oxygens (including phenoxy) is 1. The average molecular weight is 272 g/mol. The van der Waals surface area contributed by atoms with Crippen molar-refractivity contribution in [1.82, 2.24) is 0 Å². The molecule has 0 saturated heterocycles. The van der Waals surface area contributed by atoms with Crippen LogP contribution in [0.2, 0.25) is 0 Å². The smallest absolute Gasteiger partial charge is 0.244 e. The Bertz CT molecular complexity index is 544. The number of benzene rings is 2. The number of rotatable bonds is 6. The molecular formula is C15H16N2O3. The van der Waals surface area contributed by atoms with Gasteiger partial charge >= 0.3 is 0 Å². The van der Waals surface area contributed by atoms with Gasteiger partial charge in [-0.1, -0.05) is 41.3 Å². The first-order chi connectivity index (χ1) is 9.75. The number of azo groups is 1. The van der Waals surface area contributed by atoms with E-state index in [0.29, 0.717) is 16.3 Å². The maximum atomic E-state index is 11.6. The second kappa shape index (κ2) is 7.25. The molecule has 5 nitrogen and oxygen atoms in total. The number of aliphatic hydroxyl groups is 1. The molecule has 0 fully saturated rings. The predicted octanol–water partition coefficient (Wildman–Crippen LogP) is 2.72. The molecule has 0 bridgehead atoms. The number of aliphatic hydroxyl groups excluding tert-OH is 1. The minimum atomic E-state index is -0.824. The van der Waals surface area contributed by atoms with E-state index in [2.05, 4.69) is 5.11 Å². The van der Waals surface area contributed by atoms with Crippen LogP contribution in [0.5, 0.6) is 5.75 Å². The summed E-state index contributed by atoms with van der Waals surface area (Å²) in [5.41, 5.74) is 0.434. The summed E-state index contributed by atoms with van der Waals surface area (Å²) in [6.45, 7) is 0.0847. The van der Waals surface area contributed by atoms with Gasteiger partial charge in [-0.25, -0.2) is 0 Å². The molecular weight excluding hydrogens is 256 g/mol. The highest BCUT2D eigenvalue weighted by molar-refractivity contribution is 5.27. The highest BCUT2D eigenvalue weighted by Crippen LogP contribution is 2.10. The first-order valence-electron chi connectivity index (χ1n) is 6.31. The van der Waals surface area contributed by atoms with Gasteiger partial charge in [0.05, 0.1) is 0 Å². The molecule has 1 unspecified atom stereocenters. The van der Waals surface area contributed by atoms with E-state index >= 15 is 0 Å². The van der Waals surface area contributed by atoms with Crippen LogP contribution in [-0.4, -0.2) is 29.2 Å². The summed E-state index contributed by atoms with van der Waals surface area (Å²) < 4.78 is 5.38. The summed E-state index contributed by atoms with van der Waals surface area (Å²) in [4.78, 5) is 0.506. The van der Waals surface area contributed by atoms with Gasteiger partial charge < -0.3 is 15.1 Å². The summed E-state index contributed by atoms with van der Waals surface area (Å²) in [6, 6.07) is 17.8. The van der Waals surface area contributed by atoms with E-state index in [-0.39, 0.29) is 13.2 Å². The Labute approximate surface area is 117 Å². The van der Waals surface area contributed by atoms with Crippen molar-refractivity contribution in [3.63, 3.8) is 0 Å². The third kappa shape index (κ3) is 4.37. The summed E-state index contributed by atoms with van der Waals surface area (Å²) in [6.07, 6.45) is -0.824. The Morgan fingerprint density at radius 1 is 1.05 bits per heavy atom. The monoisotopic (exact) mass is 272 g/mol. The lowest BCUT2D eigenvalue weighted by Gasteiger charge is -2.09. The predicted molar refractivity (Wildman–Crippen MR) is 75.0 cm³/mol. The van der Waals surface area contributed by atoms with Crippen LogP contribution in [0.3, 0.4) is 0 Å². The van der Waals surface area contributed by atoms with Gasteiger partial charge in [0.1, 0.15) is 25.0 Å². The Balaban J connectivity index is 1.81. The van der Waals surface area contributed by atoms with Gasteiger partial charge in [-0.05, 0) is 17.2 Å². The van der Waals surface area contributed by atoms with Crippen LogP contribution >= 0.6 is 0 Å². The Morgan fingerprint density at radius 3 is 2.30 bits per heavy atom. The third-order valence-corrected chi connectivity index (χ3v) is 2.58. The van der Waals surface area contributed by atoms with Crippen molar-refractivity contribution in [2.75, 3.05) is 13.2 Å². The number of hydrogen-bond donors (Lipinski definition) is 1. The van der Waals surface area contributed by atoms with Crippen LogP contribution < -0.4 is 4.74 Å². The quantitative estimate of drug-likeness (QED) is 0.499. The lowest BCUT2D eigenvalue weighted by Crippen LogP contribution is -2.21. The molecule has 1 atom stereocenters. The zero-order chi connectivity index (χ0) is 14.2.